The fraction of sp³-hybridized carbons (Fsp3) is 0.846. The lowest BCUT2D eigenvalue weighted by molar-refractivity contribution is -0.302. The lowest BCUT2D eigenvalue weighted by atomic mass is 9.27. The van der Waals surface area contributed by atoms with Crippen molar-refractivity contribution < 1.29 is 14.3 Å². The molecular formula is C13H14O3. The molecule has 0 aromatic rings. The van der Waals surface area contributed by atoms with Gasteiger partial charge in [-0.1, -0.05) is 6.92 Å². The first-order valence-corrected chi connectivity index (χ1v) is 6.23. The molecule has 8 atom stereocenters. The number of ketones is 1. The van der Waals surface area contributed by atoms with Crippen molar-refractivity contribution in [2.45, 2.75) is 13.3 Å². The van der Waals surface area contributed by atoms with Gasteiger partial charge in [-0.05, 0) is 35.5 Å². The molecular weight excluding hydrogens is 204 g/mol. The molecule has 3 heteroatoms. The fourth-order valence-corrected chi connectivity index (χ4v) is 7.24. The average molecular weight is 218 g/mol. The van der Waals surface area contributed by atoms with E-state index in [-0.39, 0.29) is 23.2 Å². The standard InChI is InChI=1S/C13H14O3/c1-12-5-3-4-7(12)6-9(14)8(4)13(5,10(6)12)11(15)16-2/h4-8,10H,3H2,1-2H3/t4-,5+,6+,7+,8+,10-,12-,13+/m0/s1. The van der Waals surface area contributed by atoms with Gasteiger partial charge in [-0.3, -0.25) is 9.59 Å². The highest BCUT2D eigenvalue weighted by Crippen LogP contribution is 2.97. The SMILES string of the molecule is COC(=O)[C@]12[C@@H]3C[C@H]4[C@@H]5[C@H](C(=O)[C@@H]41)[C@H]2[C@]53C. The van der Waals surface area contributed by atoms with Crippen molar-refractivity contribution in [1.29, 1.82) is 0 Å². The first-order valence-electron chi connectivity index (χ1n) is 6.23. The topological polar surface area (TPSA) is 43.4 Å². The Morgan fingerprint density at radius 2 is 2.25 bits per heavy atom. The Labute approximate surface area is 93.5 Å². The molecule has 0 N–H and O–H groups in total. The molecule has 0 unspecified atom stereocenters. The normalized spacial score (nSPS) is 70.5. The smallest absolute Gasteiger partial charge is 0.313 e. The molecule has 3 nitrogen and oxygen atoms in total. The van der Waals surface area contributed by atoms with E-state index in [4.69, 9.17) is 4.74 Å². The summed E-state index contributed by atoms with van der Waals surface area (Å²) >= 11 is 0. The van der Waals surface area contributed by atoms with Gasteiger partial charge in [0, 0.05) is 11.8 Å². The second-order valence-electron chi connectivity index (χ2n) is 6.65. The van der Waals surface area contributed by atoms with Gasteiger partial charge in [0.1, 0.15) is 5.78 Å². The zero-order valence-electron chi connectivity index (χ0n) is 9.40. The summed E-state index contributed by atoms with van der Waals surface area (Å²) in [5.41, 5.74) is -0.0309. The van der Waals surface area contributed by atoms with Gasteiger partial charge >= 0.3 is 5.97 Å². The largest absolute Gasteiger partial charge is 0.469 e. The van der Waals surface area contributed by atoms with Gasteiger partial charge < -0.3 is 4.74 Å². The summed E-state index contributed by atoms with van der Waals surface area (Å²) in [5.74, 6) is 2.57. The number of rotatable bonds is 1. The van der Waals surface area contributed by atoms with Crippen LogP contribution in [0.1, 0.15) is 13.3 Å². The highest BCUT2D eigenvalue weighted by Gasteiger charge is 3.00. The van der Waals surface area contributed by atoms with Gasteiger partial charge in [0.05, 0.1) is 12.5 Å². The molecule has 0 aromatic carbocycles. The number of hydrogen-bond acceptors (Lipinski definition) is 3. The number of hydrogen-bond donors (Lipinski definition) is 0. The summed E-state index contributed by atoms with van der Waals surface area (Å²) in [6, 6.07) is 0. The molecule has 0 aliphatic heterocycles. The third-order valence-corrected chi connectivity index (χ3v) is 7.06. The first kappa shape index (κ1) is 8.26. The van der Waals surface area contributed by atoms with Gasteiger partial charge in [0.2, 0.25) is 0 Å². The van der Waals surface area contributed by atoms with E-state index >= 15 is 0 Å². The van der Waals surface area contributed by atoms with Gasteiger partial charge in [0.15, 0.2) is 0 Å². The zero-order chi connectivity index (χ0) is 11.0. The van der Waals surface area contributed by atoms with Crippen molar-refractivity contribution in [3.8, 4) is 0 Å². The third-order valence-electron chi connectivity index (χ3n) is 7.06. The van der Waals surface area contributed by atoms with Gasteiger partial charge in [-0.2, -0.15) is 0 Å². The quantitative estimate of drug-likeness (QED) is 0.613. The average Bonchev–Trinajstić information content (AvgIpc) is 2.77. The van der Waals surface area contributed by atoms with Crippen LogP contribution < -0.4 is 0 Å². The minimum Gasteiger partial charge on any atom is -0.469 e. The van der Waals surface area contributed by atoms with Crippen molar-refractivity contribution in [2.75, 3.05) is 7.11 Å². The van der Waals surface area contributed by atoms with Gasteiger partial charge in [-0.25, -0.2) is 0 Å². The summed E-state index contributed by atoms with van der Waals surface area (Å²) < 4.78 is 5.02. The minimum atomic E-state index is -0.356. The van der Waals surface area contributed by atoms with Crippen LogP contribution in [0.4, 0.5) is 0 Å². The summed E-state index contributed by atoms with van der Waals surface area (Å²) in [7, 11) is 1.47. The molecule has 0 radical (unpaired) electrons. The van der Waals surface area contributed by atoms with E-state index in [1.54, 1.807) is 0 Å². The Kier molecular flexibility index (Phi) is 0.914. The van der Waals surface area contributed by atoms with Crippen molar-refractivity contribution in [1.82, 2.24) is 0 Å². The molecule has 0 saturated heterocycles. The van der Waals surface area contributed by atoms with Crippen molar-refractivity contribution in [3.63, 3.8) is 0 Å². The molecule has 4 bridgehead atoms. The molecule has 0 aromatic heterocycles. The lowest BCUT2D eigenvalue weighted by Crippen LogP contribution is -2.76. The molecule has 6 fully saturated rings. The molecule has 6 rings (SSSR count). The summed E-state index contributed by atoms with van der Waals surface area (Å²) in [5, 5.41) is 0. The number of esters is 1. The predicted octanol–water partition coefficient (Wildman–Crippen LogP) is 0.876. The van der Waals surface area contributed by atoms with Crippen molar-refractivity contribution in [3.05, 3.63) is 0 Å². The van der Waals surface area contributed by atoms with E-state index in [9.17, 15) is 9.59 Å². The highest BCUT2D eigenvalue weighted by atomic mass is 16.5. The predicted molar refractivity (Wildman–Crippen MR) is 53.1 cm³/mol. The number of methoxy groups -OCH3 is 1. The summed E-state index contributed by atoms with van der Waals surface area (Å²) in [6.07, 6.45) is 1.11. The van der Waals surface area contributed by atoms with E-state index in [0.717, 1.165) is 6.42 Å². The second-order valence-corrected chi connectivity index (χ2v) is 6.65. The molecule has 0 spiro atoms. The maximum atomic E-state index is 12.2. The maximum absolute atomic E-state index is 12.2. The van der Waals surface area contributed by atoms with E-state index < -0.39 is 0 Å². The molecule has 84 valence electrons. The Morgan fingerprint density at radius 3 is 2.94 bits per heavy atom. The van der Waals surface area contributed by atoms with Crippen LogP contribution in [0.3, 0.4) is 0 Å². The van der Waals surface area contributed by atoms with Gasteiger partial charge in [-0.15, -0.1) is 0 Å². The van der Waals surface area contributed by atoms with Crippen LogP contribution in [0, 0.1) is 46.3 Å². The van der Waals surface area contributed by atoms with Crippen molar-refractivity contribution >= 4 is 11.8 Å². The van der Waals surface area contributed by atoms with E-state index in [2.05, 4.69) is 6.92 Å². The minimum absolute atomic E-state index is 0.0479. The first-order chi connectivity index (χ1) is 7.61. The van der Waals surface area contributed by atoms with E-state index in [1.165, 1.54) is 7.11 Å². The van der Waals surface area contributed by atoms with Crippen LogP contribution in [-0.2, 0) is 14.3 Å². The molecule has 0 heterocycles. The van der Waals surface area contributed by atoms with E-state index in [1.807, 2.05) is 0 Å². The Hall–Kier alpha value is -0.860. The summed E-state index contributed by atoms with van der Waals surface area (Å²) in [4.78, 5) is 24.4. The molecule has 6 aliphatic carbocycles. The molecule has 6 saturated carbocycles. The number of Topliss-reactive ketones (excluding diaryl/α,β-unsaturated/α-hetero) is 1. The highest BCUT2D eigenvalue weighted by molar-refractivity contribution is 6.03. The van der Waals surface area contributed by atoms with Crippen LogP contribution >= 0.6 is 0 Å². The third kappa shape index (κ3) is 0.383. The van der Waals surface area contributed by atoms with Crippen LogP contribution in [0.15, 0.2) is 0 Å². The van der Waals surface area contributed by atoms with E-state index in [0.29, 0.717) is 34.9 Å². The van der Waals surface area contributed by atoms with Gasteiger partial charge in [0.25, 0.3) is 0 Å². The maximum Gasteiger partial charge on any atom is 0.313 e. The Bertz CT molecular complexity index is 484. The Balaban J connectivity index is 1.80. The van der Waals surface area contributed by atoms with Crippen LogP contribution in [0.25, 0.3) is 0 Å². The summed E-state index contributed by atoms with van der Waals surface area (Å²) in [6.45, 7) is 2.31. The van der Waals surface area contributed by atoms with Crippen LogP contribution in [-0.4, -0.2) is 18.9 Å². The second kappa shape index (κ2) is 1.77. The number of ether oxygens (including phenoxy) is 1. The molecule has 6 aliphatic rings. The lowest BCUT2D eigenvalue weighted by Gasteiger charge is -2.74. The Morgan fingerprint density at radius 1 is 1.50 bits per heavy atom. The fourth-order valence-electron chi connectivity index (χ4n) is 7.24. The van der Waals surface area contributed by atoms with Crippen LogP contribution in [0.2, 0.25) is 0 Å². The van der Waals surface area contributed by atoms with Crippen LogP contribution in [0.5, 0.6) is 0 Å². The number of carbonyl (C=O) groups is 2. The molecule has 16 heavy (non-hydrogen) atoms. The monoisotopic (exact) mass is 218 g/mol. The number of carbonyl (C=O) groups excluding carboxylic acids is 2. The molecule has 0 amide bonds. The zero-order valence-corrected chi connectivity index (χ0v) is 9.40. The van der Waals surface area contributed by atoms with Crippen molar-refractivity contribution in [2.24, 2.45) is 46.3 Å².